The molecule has 0 radical (unpaired) electrons. The van der Waals surface area contributed by atoms with Gasteiger partial charge in [0.25, 0.3) is 0 Å². The number of hydrogen-bond donors (Lipinski definition) is 2. The highest BCUT2D eigenvalue weighted by Gasteiger charge is 2.39. The number of rotatable bonds is 4. The van der Waals surface area contributed by atoms with Crippen molar-refractivity contribution in [3.05, 3.63) is 0 Å². The fourth-order valence-electron chi connectivity index (χ4n) is 2.95. The van der Waals surface area contributed by atoms with E-state index in [0.717, 1.165) is 25.7 Å². The summed E-state index contributed by atoms with van der Waals surface area (Å²) in [4.78, 5) is 25.0. The third-order valence-corrected chi connectivity index (χ3v) is 4.05. The van der Waals surface area contributed by atoms with E-state index in [0.29, 0.717) is 19.5 Å². The Hall–Kier alpha value is -1.14. The highest BCUT2D eigenvalue weighted by atomic mass is 16.5. The summed E-state index contributed by atoms with van der Waals surface area (Å²) in [5.74, 6) is -0.523. The molecule has 0 aromatic heterocycles. The number of piperazine rings is 1. The maximum Gasteiger partial charge on any atom is 0.325 e. The van der Waals surface area contributed by atoms with Crippen LogP contribution in [0.25, 0.3) is 0 Å². The van der Waals surface area contributed by atoms with Gasteiger partial charge < -0.3 is 20.1 Å². The number of carbonyl (C=O) groups excluding carboxylic acids is 2. The van der Waals surface area contributed by atoms with Gasteiger partial charge in [0.15, 0.2) is 0 Å². The summed E-state index contributed by atoms with van der Waals surface area (Å²) in [7, 11) is 1.31. The first-order chi connectivity index (χ1) is 9.04. The van der Waals surface area contributed by atoms with Crippen LogP contribution in [0.15, 0.2) is 0 Å². The Kier molecular flexibility index (Phi) is 4.42. The van der Waals surface area contributed by atoms with Crippen molar-refractivity contribution in [1.82, 2.24) is 10.2 Å². The van der Waals surface area contributed by atoms with Gasteiger partial charge in [-0.15, -0.1) is 0 Å². The number of carbonyl (C=O) groups is 2. The normalized spacial score (nSPS) is 26.5. The highest BCUT2D eigenvalue weighted by molar-refractivity contribution is 5.86. The maximum atomic E-state index is 12.3. The molecular formula is C13H22N2O4. The summed E-state index contributed by atoms with van der Waals surface area (Å²) < 4.78 is 4.59. The van der Waals surface area contributed by atoms with Crippen LogP contribution < -0.4 is 5.32 Å². The second-order valence-corrected chi connectivity index (χ2v) is 5.48. The molecule has 2 aliphatic rings. The first-order valence-corrected chi connectivity index (χ1v) is 6.85. The molecule has 2 fully saturated rings. The van der Waals surface area contributed by atoms with E-state index in [1.54, 1.807) is 0 Å². The van der Waals surface area contributed by atoms with Crippen LogP contribution in [0.4, 0.5) is 0 Å². The van der Waals surface area contributed by atoms with E-state index < -0.39 is 11.6 Å². The van der Waals surface area contributed by atoms with E-state index in [-0.39, 0.29) is 18.5 Å². The molecule has 0 aromatic rings. The Morgan fingerprint density at radius 3 is 2.84 bits per heavy atom. The molecule has 2 N–H and O–H groups in total. The van der Waals surface area contributed by atoms with Crippen LogP contribution in [-0.4, -0.2) is 60.3 Å². The SMILES string of the molecule is COC(=O)CN1CCNC(CC2(O)CCCC2)C1=O. The Morgan fingerprint density at radius 1 is 1.53 bits per heavy atom. The molecular weight excluding hydrogens is 248 g/mol. The van der Waals surface area contributed by atoms with Gasteiger partial charge in [-0.3, -0.25) is 9.59 Å². The molecule has 1 heterocycles. The largest absolute Gasteiger partial charge is 0.468 e. The predicted molar refractivity (Wildman–Crippen MR) is 68.4 cm³/mol. The zero-order valence-electron chi connectivity index (χ0n) is 11.4. The van der Waals surface area contributed by atoms with Gasteiger partial charge in [-0.2, -0.15) is 0 Å². The molecule has 1 saturated heterocycles. The highest BCUT2D eigenvalue weighted by Crippen LogP contribution is 2.33. The van der Waals surface area contributed by atoms with Crippen LogP contribution in [0.2, 0.25) is 0 Å². The van der Waals surface area contributed by atoms with Crippen LogP contribution in [0.3, 0.4) is 0 Å². The first kappa shape index (κ1) is 14.3. The van der Waals surface area contributed by atoms with E-state index >= 15 is 0 Å². The fraction of sp³-hybridized carbons (Fsp3) is 0.846. The quantitative estimate of drug-likeness (QED) is 0.683. The van der Waals surface area contributed by atoms with Crippen molar-refractivity contribution in [3.63, 3.8) is 0 Å². The summed E-state index contributed by atoms with van der Waals surface area (Å²) in [6, 6.07) is -0.387. The van der Waals surface area contributed by atoms with Crippen molar-refractivity contribution >= 4 is 11.9 Å². The van der Waals surface area contributed by atoms with Crippen molar-refractivity contribution in [2.45, 2.75) is 43.7 Å². The molecule has 6 heteroatoms. The topological polar surface area (TPSA) is 78.9 Å². The van der Waals surface area contributed by atoms with Gasteiger partial charge in [0, 0.05) is 19.5 Å². The summed E-state index contributed by atoms with van der Waals surface area (Å²) in [5, 5.41) is 13.5. The molecule has 2 rings (SSSR count). The molecule has 6 nitrogen and oxygen atoms in total. The minimum absolute atomic E-state index is 0.00799. The van der Waals surface area contributed by atoms with Crippen molar-refractivity contribution in [3.8, 4) is 0 Å². The third-order valence-electron chi connectivity index (χ3n) is 4.05. The summed E-state index contributed by atoms with van der Waals surface area (Å²) in [6.07, 6.45) is 3.99. The lowest BCUT2D eigenvalue weighted by Gasteiger charge is -2.35. The van der Waals surface area contributed by atoms with Gasteiger partial charge in [-0.05, 0) is 12.8 Å². The van der Waals surface area contributed by atoms with Gasteiger partial charge in [-0.1, -0.05) is 12.8 Å². The lowest BCUT2D eigenvalue weighted by Crippen LogP contribution is -2.58. The minimum atomic E-state index is -0.721. The molecule has 19 heavy (non-hydrogen) atoms. The van der Waals surface area contributed by atoms with E-state index in [1.807, 2.05) is 0 Å². The number of ether oxygens (including phenoxy) is 1. The first-order valence-electron chi connectivity index (χ1n) is 6.85. The van der Waals surface area contributed by atoms with Gasteiger partial charge >= 0.3 is 5.97 Å². The van der Waals surface area contributed by atoms with Crippen LogP contribution in [-0.2, 0) is 14.3 Å². The lowest BCUT2D eigenvalue weighted by atomic mass is 9.91. The van der Waals surface area contributed by atoms with Crippen molar-refractivity contribution < 1.29 is 19.4 Å². The summed E-state index contributed by atoms with van der Waals surface area (Å²) in [6.45, 7) is 1.14. The fourth-order valence-corrected chi connectivity index (χ4v) is 2.95. The average Bonchev–Trinajstić information content (AvgIpc) is 2.81. The van der Waals surface area contributed by atoms with Crippen LogP contribution >= 0.6 is 0 Å². The number of hydrogen-bond acceptors (Lipinski definition) is 5. The van der Waals surface area contributed by atoms with Crippen molar-refractivity contribution in [2.75, 3.05) is 26.7 Å². The van der Waals surface area contributed by atoms with Crippen LogP contribution in [0.1, 0.15) is 32.1 Å². The lowest BCUT2D eigenvalue weighted by molar-refractivity contribution is -0.149. The Balaban J connectivity index is 1.94. The maximum absolute atomic E-state index is 12.3. The molecule has 1 unspecified atom stereocenters. The molecule has 0 aromatic carbocycles. The van der Waals surface area contributed by atoms with E-state index in [9.17, 15) is 14.7 Å². The Morgan fingerprint density at radius 2 is 2.21 bits per heavy atom. The average molecular weight is 270 g/mol. The van der Waals surface area contributed by atoms with Gasteiger partial charge in [-0.25, -0.2) is 0 Å². The molecule has 1 atom stereocenters. The van der Waals surface area contributed by atoms with Crippen LogP contribution in [0, 0.1) is 0 Å². The molecule has 1 aliphatic carbocycles. The number of esters is 1. The van der Waals surface area contributed by atoms with Crippen LogP contribution in [0.5, 0.6) is 0 Å². The summed E-state index contributed by atoms with van der Waals surface area (Å²) >= 11 is 0. The number of nitrogens with zero attached hydrogens (tertiary/aromatic N) is 1. The smallest absolute Gasteiger partial charge is 0.325 e. The Labute approximate surface area is 113 Å². The van der Waals surface area contributed by atoms with Crippen molar-refractivity contribution in [2.24, 2.45) is 0 Å². The summed E-state index contributed by atoms with van der Waals surface area (Å²) in [5.41, 5.74) is -0.721. The van der Waals surface area contributed by atoms with Gasteiger partial charge in [0.05, 0.1) is 18.8 Å². The molecule has 1 saturated carbocycles. The van der Waals surface area contributed by atoms with Crippen molar-refractivity contribution in [1.29, 1.82) is 0 Å². The predicted octanol–water partition coefficient (Wildman–Crippen LogP) is -0.345. The number of amides is 1. The van der Waals surface area contributed by atoms with Gasteiger partial charge in [0.2, 0.25) is 5.91 Å². The third kappa shape index (κ3) is 3.45. The standard InChI is InChI=1S/C13H22N2O4/c1-19-11(16)9-15-7-6-14-10(12(15)17)8-13(18)4-2-3-5-13/h10,14,18H,2-9H2,1H3. The second-order valence-electron chi connectivity index (χ2n) is 5.48. The number of aliphatic hydroxyl groups is 1. The van der Waals surface area contributed by atoms with E-state index in [4.69, 9.17) is 0 Å². The molecule has 1 aliphatic heterocycles. The second kappa shape index (κ2) is 5.88. The zero-order valence-corrected chi connectivity index (χ0v) is 11.4. The molecule has 0 spiro atoms. The number of nitrogens with one attached hydrogen (secondary N) is 1. The minimum Gasteiger partial charge on any atom is -0.468 e. The van der Waals surface area contributed by atoms with Gasteiger partial charge in [0.1, 0.15) is 6.54 Å². The molecule has 0 bridgehead atoms. The zero-order chi connectivity index (χ0) is 13.9. The Bertz CT molecular complexity index is 353. The van der Waals surface area contributed by atoms with E-state index in [2.05, 4.69) is 10.1 Å². The molecule has 1 amide bonds. The molecule has 108 valence electrons. The monoisotopic (exact) mass is 270 g/mol. The number of methoxy groups -OCH3 is 1. The van der Waals surface area contributed by atoms with E-state index in [1.165, 1.54) is 12.0 Å².